The van der Waals surface area contributed by atoms with Gasteiger partial charge in [-0.25, -0.2) is 13.9 Å². The van der Waals surface area contributed by atoms with Crippen LogP contribution in [0, 0.1) is 19.7 Å². The molecular weight excluding hydrogens is 435 g/mol. The van der Waals surface area contributed by atoms with Gasteiger partial charge in [0.2, 0.25) is 5.91 Å². The van der Waals surface area contributed by atoms with E-state index in [4.69, 9.17) is 11.6 Å². The van der Waals surface area contributed by atoms with Crippen molar-refractivity contribution in [2.75, 3.05) is 5.75 Å². The highest BCUT2D eigenvalue weighted by molar-refractivity contribution is 8.00. The first-order chi connectivity index (χ1) is 14.9. The van der Waals surface area contributed by atoms with Crippen LogP contribution in [-0.2, 0) is 11.3 Å². The number of fused-ring (bicyclic) bond motifs is 1. The van der Waals surface area contributed by atoms with Crippen molar-refractivity contribution in [3.63, 3.8) is 0 Å². The SMILES string of the molecule is Cc1ccc(-c2cc3c(SCC(=O)NCc4ccc(F)cc4Cl)nccn3n2)cc1C. The first kappa shape index (κ1) is 21.3. The van der Waals surface area contributed by atoms with Crippen LogP contribution >= 0.6 is 23.4 Å². The van der Waals surface area contributed by atoms with E-state index in [0.717, 1.165) is 21.8 Å². The molecule has 0 saturated carbocycles. The van der Waals surface area contributed by atoms with Gasteiger partial charge in [-0.2, -0.15) is 5.10 Å². The van der Waals surface area contributed by atoms with Crippen molar-refractivity contribution in [2.24, 2.45) is 0 Å². The smallest absolute Gasteiger partial charge is 0.230 e. The van der Waals surface area contributed by atoms with Crippen LogP contribution in [0.15, 0.2) is 59.9 Å². The molecule has 2 heterocycles. The number of carbonyl (C=O) groups excluding carboxylic acids is 1. The molecule has 0 aliphatic rings. The first-order valence-corrected chi connectivity index (χ1v) is 11.0. The molecule has 0 saturated heterocycles. The number of rotatable bonds is 6. The van der Waals surface area contributed by atoms with Crippen molar-refractivity contribution in [2.45, 2.75) is 25.4 Å². The van der Waals surface area contributed by atoms with Crippen molar-refractivity contribution in [1.82, 2.24) is 19.9 Å². The Labute approximate surface area is 188 Å². The van der Waals surface area contributed by atoms with E-state index in [1.807, 2.05) is 6.07 Å². The van der Waals surface area contributed by atoms with Crippen molar-refractivity contribution >= 4 is 34.8 Å². The molecule has 2 aromatic heterocycles. The summed E-state index contributed by atoms with van der Waals surface area (Å²) >= 11 is 7.34. The fraction of sp³-hybridized carbons (Fsp3) is 0.174. The van der Waals surface area contributed by atoms with E-state index < -0.39 is 5.82 Å². The van der Waals surface area contributed by atoms with Gasteiger partial charge in [-0.15, -0.1) is 0 Å². The average molecular weight is 455 g/mol. The maximum Gasteiger partial charge on any atom is 0.230 e. The van der Waals surface area contributed by atoms with E-state index >= 15 is 0 Å². The zero-order chi connectivity index (χ0) is 22.0. The van der Waals surface area contributed by atoms with Crippen LogP contribution in [-0.4, -0.2) is 26.3 Å². The maximum atomic E-state index is 13.1. The van der Waals surface area contributed by atoms with E-state index in [-0.39, 0.29) is 23.2 Å². The largest absolute Gasteiger partial charge is 0.351 e. The van der Waals surface area contributed by atoms with Crippen LogP contribution in [0.5, 0.6) is 0 Å². The number of aromatic nitrogens is 3. The number of halogens is 2. The molecule has 1 amide bonds. The van der Waals surface area contributed by atoms with Crippen molar-refractivity contribution in [1.29, 1.82) is 0 Å². The minimum absolute atomic E-state index is 0.164. The second-order valence-electron chi connectivity index (χ2n) is 7.19. The number of hydrogen-bond donors (Lipinski definition) is 1. The summed E-state index contributed by atoms with van der Waals surface area (Å²) in [5, 5.41) is 8.47. The number of amides is 1. The van der Waals surface area contributed by atoms with Gasteiger partial charge in [0.15, 0.2) is 0 Å². The third kappa shape index (κ3) is 4.89. The maximum absolute atomic E-state index is 13.1. The molecule has 0 fully saturated rings. The van der Waals surface area contributed by atoms with E-state index in [9.17, 15) is 9.18 Å². The molecule has 8 heteroatoms. The summed E-state index contributed by atoms with van der Waals surface area (Å²) in [5.74, 6) is -0.380. The molecule has 0 spiro atoms. The summed E-state index contributed by atoms with van der Waals surface area (Å²) in [7, 11) is 0. The van der Waals surface area contributed by atoms with Crippen molar-refractivity contribution in [3.05, 3.63) is 82.4 Å². The lowest BCUT2D eigenvalue weighted by molar-refractivity contribution is -0.118. The van der Waals surface area contributed by atoms with Crippen LogP contribution < -0.4 is 5.32 Å². The fourth-order valence-corrected chi connectivity index (χ4v) is 4.13. The summed E-state index contributed by atoms with van der Waals surface area (Å²) in [5.41, 5.74) is 5.84. The zero-order valence-corrected chi connectivity index (χ0v) is 18.6. The molecular formula is C23H20ClFN4OS. The van der Waals surface area contributed by atoms with Gasteiger partial charge in [0.1, 0.15) is 10.8 Å². The monoisotopic (exact) mass is 454 g/mol. The Morgan fingerprint density at radius 2 is 2.00 bits per heavy atom. The van der Waals surface area contributed by atoms with Crippen LogP contribution in [0.4, 0.5) is 4.39 Å². The summed E-state index contributed by atoms with van der Waals surface area (Å²) in [6.45, 7) is 4.39. The highest BCUT2D eigenvalue weighted by atomic mass is 35.5. The molecule has 0 aliphatic heterocycles. The number of thioether (sulfide) groups is 1. The topological polar surface area (TPSA) is 59.3 Å². The van der Waals surface area contributed by atoms with Gasteiger partial charge in [0.05, 0.1) is 17.0 Å². The predicted octanol–water partition coefficient (Wildman–Crippen LogP) is 5.21. The zero-order valence-electron chi connectivity index (χ0n) is 17.0. The minimum atomic E-state index is -0.407. The number of nitrogens with zero attached hydrogens (tertiary/aromatic N) is 3. The molecule has 0 radical (unpaired) electrons. The Morgan fingerprint density at radius 3 is 2.77 bits per heavy atom. The van der Waals surface area contributed by atoms with Gasteiger partial charge in [-0.1, -0.05) is 41.6 Å². The lowest BCUT2D eigenvalue weighted by Crippen LogP contribution is -2.24. The van der Waals surface area contributed by atoms with Gasteiger partial charge in [-0.3, -0.25) is 4.79 Å². The molecule has 0 bridgehead atoms. The molecule has 4 aromatic rings. The third-order valence-electron chi connectivity index (χ3n) is 4.99. The fourth-order valence-electron chi connectivity index (χ4n) is 3.09. The average Bonchev–Trinajstić information content (AvgIpc) is 3.18. The molecule has 158 valence electrons. The van der Waals surface area contributed by atoms with Gasteiger partial charge in [-0.05, 0) is 54.8 Å². The molecule has 4 rings (SSSR count). The van der Waals surface area contributed by atoms with Crippen LogP contribution in [0.25, 0.3) is 16.8 Å². The first-order valence-electron chi connectivity index (χ1n) is 9.66. The normalized spacial score (nSPS) is 11.1. The number of nitrogens with one attached hydrogen (secondary N) is 1. The van der Waals surface area contributed by atoms with Crippen molar-refractivity contribution in [3.8, 4) is 11.3 Å². The van der Waals surface area contributed by atoms with E-state index in [2.05, 4.69) is 47.4 Å². The number of aryl methyl sites for hydroxylation is 2. The molecule has 0 atom stereocenters. The van der Waals surface area contributed by atoms with E-state index in [1.165, 1.54) is 35.0 Å². The van der Waals surface area contributed by atoms with Crippen molar-refractivity contribution < 1.29 is 9.18 Å². The molecule has 0 unspecified atom stereocenters. The van der Waals surface area contributed by atoms with Crippen LogP contribution in [0.1, 0.15) is 16.7 Å². The second-order valence-corrected chi connectivity index (χ2v) is 8.56. The molecule has 1 N–H and O–H groups in total. The Morgan fingerprint density at radius 1 is 1.16 bits per heavy atom. The summed E-state index contributed by atoms with van der Waals surface area (Å²) in [4.78, 5) is 16.7. The highest BCUT2D eigenvalue weighted by Crippen LogP contribution is 2.27. The Balaban J connectivity index is 1.45. The Bertz CT molecular complexity index is 1270. The predicted molar refractivity (Wildman–Crippen MR) is 122 cm³/mol. The molecule has 31 heavy (non-hydrogen) atoms. The quantitative estimate of drug-likeness (QED) is 0.406. The lowest BCUT2D eigenvalue weighted by atomic mass is 10.0. The summed E-state index contributed by atoms with van der Waals surface area (Å²) in [6.07, 6.45) is 3.46. The van der Waals surface area contributed by atoms with Gasteiger partial charge < -0.3 is 5.32 Å². The standard InChI is InChI=1S/C23H20ClFN4OS/c1-14-3-4-16(9-15(14)2)20-11-21-23(26-7-8-29(21)28-20)31-13-22(30)27-12-17-5-6-18(25)10-19(17)24/h3-11H,12-13H2,1-2H3,(H,27,30). The number of hydrogen-bond acceptors (Lipinski definition) is 4. The molecule has 0 aliphatic carbocycles. The summed E-state index contributed by atoms with van der Waals surface area (Å²) < 4.78 is 14.9. The lowest BCUT2D eigenvalue weighted by Gasteiger charge is -2.07. The van der Waals surface area contributed by atoms with Crippen LogP contribution in [0.2, 0.25) is 5.02 Å². The third-order valence-corrected chi connectivity index (χ3v) is 6.33. The molecule has 2 aromatic carbocycles. The molecule has 5 nitrogen and oxygen atoms in total. The Hall–Kier alpha value is -2.90. The highest BCUT2D eigenvalue weighted by Gasteiger charge is 2.12. The Kier molecular flexibility index (Phi) is 6.25. The van der Waals surface area contributed by atoms with E-state index in [1.54, 1.807) is 23.0 Å². The summed E-state index contributed by atoms with van der Waals surface area (Å²) in [6, 6.07) is 12.3. The van der Waals surface area contributed by atoms with Gasteiger partial charge in [0.25, 0.3) is 0 Å². The number of benzene rings is 2. The van der Waals surface area contributed by atoms with E-state index in [0.29, 0.717) is 5.56 Å². The van der Waals surface area contributed by atoms with Gasteiger partial charge in [0, 0.05) is 29.5 Å². The minimum Gasteiger partial charge on any atom is -0.351 e. The van der Waals surface area contributed by atoms with Crippen LogP contribution in [0.3, 0.4) is 0 Å². The second kappa shape index (κ2) is 9.08. The number of carbonyl (C=O) groups is 1. The van der Waals surface area contributed by atoms with Gasteiger partial charge >= 0.3 is 0 Å².